The number of nitrogens with one attached hydrogen (secondary N) is 2. The third-order valence-electron chi connectivity index (χ3n) is 3.55. The first-order valence-corrected chi connectivity index (χ1v) is 7.84. The van der Waals surface area contributed by atoms with Gasteiger partial charge in [-0.1, -0.05) is 35.0 Å². The van der Waals surface area contributed by atoms with Gasteiger partial charge in [-0.05, 0) is 31.0 Å². The highest BCUT2D eigenvalue weighted by Gasteiger charge is 2.49. The average molecular weight is 368 g/mol. The van der Waals surface area contributed by atoms with Crippen LogP contribution < -0.4 is 10.6 Å². The molecular weight excluding hydrogens is 350 g/mol. The smallest absolute Gasteiger partial charge is 0.325 e. The highest BCUT2D eigenvalue weighted by atomic mass is 79.9. The predicted molar refractivity (Wildman–Crippen MR) is 85.0 cm³/mol. The molecule has 6 nitrogen and oxygen atoms in total. The Morgan fingerprint density at radius 1 is 1.41 bits per heavy atom. The minimum Gasteiger partial charge on any atom is -0.355 e. The summed E-state index contributed by atoms with van der Waals surface area (Å²) in [7, 11) is 0. The number of imide groups is 1. The van der Waals surface area contributed by atoms with Crippen LogP contribution in [0.5, 0.6) is 0 Å². The van der Waals surface area contributed by atoms with Gasteiger partial charge in [0.1, 0.15) is 12.1 Å². The van der Waals surface area contributed by atoms with Crippen LogP contribution in [-0.4, -0.2) is 35.8 Å². The number of hydrogen-bond donors (Lipinski definition) is 2. The van der Waals surface area contributed by atoms with Crippen LogP contribution in [0.3, 0.4) is 0 Å². The summed E-state index contributed by atoms with van der Waals surface area (Å²) in [5.74, 6) is -0.772. The van der Waals surface area contributed by atoms with Gasteiger partial charge in [0.05, 0.1) is 0 Å². The van der Waals surface area contributed by atoms with Crippen molar-refractivity contribution in [3.8, 4) is 0 Å². The topological polar surface area (TPSA) is 78.5 Å². The molecule has 4 amide bonds. The first kappa shape index (κ1) is 16.5. The third kappa shape index (κ3) is 3.14. The van der Waals surface area contributed by atoms with E-state index in [1.165, 1.54) is 0 Å². The number of carbonyl (C=O) groups is 3. The van der Waals surface area contributed by atoms with Gasteiger partial charge in [-0.15, -0.1) is 0 Å². The van der Waals surface area contributed by atoms with E-state index in [1.54, 1.807) is 25.1 Å². The number of amides is 4. The predicted octanol–water partition coefficient (Wildman–Crippen LogP) is 1.74. The van der Waals surface area contributed by atoms with E-state index in [-0.39, 0.29) is 12.5 Å². The molecule has 1 saturated heterocycles. The standard InChI is InChI=1S/C15H18BrN3O3/c1-3-7-17-12(20)9-19-13(21)15(2,18-14(19)22)10-5-4-6-11(16)8-10/h4-6,8H,3,7,9H2,1-2H3,(H,17,20)(H,18,22)/t15-/m0/s1. The van der Waals surface area contributed by atoms with Crippen LogP contribution >= 0.6 is 15.9 Å². The summed E-state index contributed by atoms with van der Waals surface area (Å²) in [6, 6.07) is 6.62. The molecule has 22 heavy (non-hydrogen) atoms. The Bertz CT molecular complexity index is 620. The molecule has 1 atom stereocenters. The Morgan fingerprint density at radius 2 is 2.14 bits per heavy atom. The molecule has 0 unspecified atom stereocenters. The lowest BCUT2D eigenvalue weighted by atomic mass is 9.92. The quantitative estimate of drug-likeness (QED) is 0.778. The van der Waals surface area contributed by atoms with Gasteiger partial charge < -0.3 is 10.6 Å². The number of halogens is 1. The maximum absolute atomic E-state index is 12.6. The highest BCUT2D eigenvalue weighted by Crippen LogP contribution is 2.30. The number of benzene rings is 1. The first-order chi connectivity index (χ1) is 10.4. The summed E-state index contributed by atoms with van der Waals surface area (Å²) < 4.78 is 0.812. The molecule has 0 radical (unpaired) electrons. The molecule has 0 bridgehead atoms. The first-order valence-electron chi connectivity index (χ1n) is 7.05. The maximum atomic E-state index is 12.6. The number of nitrogens with zero attached hydrogens (tertiary/aromatic N) is 1. The van der Waals surface area contributed by atoms with Gasteiger partial charge >= 0.3 is 6.03 Å². The second kappa shape index (κ2) is 6.48. The van der Waals surface area contributed by atoms with Crippen LogP contribution in [0.25, 0.3) is 0 Å². The Hall–Kier alpha value is -1.89. The molecule has 0 spiro atoms. The fourth-order valence-corrected chi connectivity index (χ4v) is 2.70. The zero-order chi connectivity index (χ0) is 16.3. The molecule has 1 aromatic carbocycles. The molecule has 118 valence electrons. The van der Waals surface area contributed by atoms with Crippen molar-refractivity contribution < 1.29 is 14.4 Å². The third-order valence-corrected chi connectivity index (χ3v) is 4.04. The largest absolute Gasteiger partial charge is 0.355 e. The molecule has 2 N–H and O–H groups in total. The lowest BCUT2D eigenvalue weighted by Crippen LogP contribution is -2.43. The Balaban J connectivity index is 2.19. The van der Waals surface area contributed by atoms with E-state index < -0.39 is 17.5 Å². The van der Waals surface area contributed by atoms with Crippen LogP contribution in [0.4, 0.5) is 4.79 Å². The fraction of sp³-hybridized carbons (Fsp3) is 0.400. The van der Waals surface area contributed by atoms with Crippen LogP contribution in [0.15, 0.2) is 28.7 Å². The van der Waals surface area contributed by atoms with Gasteiger partial charge in [-0.3, -0.25) is 14.5 Å². The lowest BCUT2D eigenvalue weighted by molar-refractivity contribution is -0.134. The molecule has 0 aliphatic carbocycles. The maximum Gasteiger partial charge on any atom is 0.325 e. The van der Waals surface area contributed by atoms with Gasteiger partial charge in [-0.25, -0.2) is 4.79 Å². The number of carbonyl (C=O) groups excluding carboxylic acids is 3. The minimum absolute atomic E-state index is 0.270. The zero-order valence-electron chi connectivity index (χ0n) is 12.5. The second-order valence-corrected chi connectivity index (χ2v) is 6.22. The van der Waals surface area contributed by atoms with Crippen molar-refractivity contribution in [1.82, 2.24) is 15.5 Å². The second-order valence-electron chi connectivity index (χ2n) is 5.31. The van der Waals surface area contributed by atoms with Gasteiger partial charge in [-0.2, -0.15) is 0 Å². The van der Waals surface area contributed by atoms with Crippen LogP contribution in [-0.2, 0) is 15.1 Å². The number of hydrogen-bond acceptors (Lipinski definition) is 3. The van der Waals surface area contributed by atoms with Crippen molar-refractivity contribution in [3.05, 3.63) is 34.3 Å². The van der Waals surface area contributed by atoms with E-state index >= 15 is 0 Å². The molecule has 1 aliphatic heterocycles. The lowest BCUT2D eigenvalue weighted by Gasteiger charge is -2.22. The fourth-order valence-electron chi connectivity index (χ4n) is 2.30. The summed E-state index contributed by atoms with van der Waals surface area (Å²) in [6.07, 6.45) is 0.793. The number of urea groups is 1. The molecule has 1 aromatic rings. The monoisotopic (exact) mass is 367 g/mol. The summed E-state index contributed by atoms with van der Waals surface area (Å²) in [5, 5.41) is 5.33. The van der Waals surface area contributed by atoms with Crippen molar-refractivity contribution in [3.63, 3.8) is 0 Å². The Morgan fingerprint density at radius 3 is 2.77 bits per heavy atom. The summed E-state index contributed by atoms with van der Waals surface area (Å²) in [4.78, 5) is 37.4. The minimum atomic E-state index is -1.16. The SMILES string of the molecule is CCCNC(=O)CN1C(=O)N[C@@](C)(c2cccc(Br)c2)C1=O. The molecule has 0 aromatic heterocycles. The van der Waals surface area contributed by atoms with Crippen molar-refractivity contribution in [2.24, 2.45) is 0 Å². The van der Waals surface area contributed by atoms with E-state index in [4.69, 9.17) is 0 Å². The van der Waals surface area contributed by atoms with Crippen molar-refractivity contribution in [1.29, 1.82) is 0 Å². The van der Waals surface area contributed by atoms with E-state index in [0.29, 0.717) is 12.1 Å². The Labute approximate surface area is 137 Å². The van der Waals surface area contributed by atoms with Crippen molar-refractivity contribution >= 4 is 33.8 Å². The summed E-state index contributed by atoms with van der Waals surface area (Å²) in [6.45, 7) is 3.82. The highest BCUT2D eigenvalue weighted by molar-refractivity contribution is 9.10. The molecule has 1 aliphatic rings. The van der Waals surface area contributed by atoms with Crippen LogP contribution in [0, 0.1) is 0 Å². The molecule has 0 saturated carbocycles. The van der Waals surface area contributed by atoms with Gasteiger partial charge in [0, 0.05) is 11.0 Å². The van der Waals surface area contributed by atoms with Gasteiger partial charge in [0.25, 0.3) is 5.91 Å². The van der Waals surface area contributed by atoms with E-state index in [0.717, 1.165) is 15.8 Å². The number of rotatable bonds is 5. The normalized spacial score (nSPS) is 21.0. The van der Waals surface area contributed by atoms with E-state index in [1.807, 2.05) is 13.0 Å². The average Bonchev–Trinajstić information content (AvgIpc) is 2.70. The van der Waals surface area contributed by atoms with Crippen LogP contribution in [0.1, 0.15) is 25.8 Å². The van der Waals surface area contributed by atoms with E-state index in [2.05, 4.69) is 26.6 Å². The van der Waals surface area contributed by atoms with E-state index in [9.17, 15) is 14.4 Å². The Kier molecular flexibility index (Phi) is 4.85. The van der Waals surface area contributed by atoms with Crippen LogP contribution in [0.2, 0.25) is 0 Å². The van der Waals surface area contributed by atoms with Gasteiger partial charge in [0.2, 0.25) is 5.91 Å². The molecule has 1 fully saturated rings. The summed E-state index contributed by atoms with van der Waals surface area (Å²) in [5.41, 5.74) is -0.497. The van der Waals surface area contributed by atoms with Gasteiger partial charge in [0.15, 0.2) is 0 Å². The molecule has 7 heteroatoms. The zero-order valence-corrected chi connectivity index (χ0v) is 14.1. The molecule has 1 heterocycles. The summed E-state index contributed by atoms with van der Waals surface area (Å²) >= 11 is 3.35. The van der Waals surface area contributed by atoms with Crippen molar-refractivity contribution in [2.45, 2.75) is 25.8 Å². The van der Waals surface area contributed by atoms with Crippen molar-refractivity contribution in [2.75, 3.05) is 13.1 Å². The molecule has 2 rings (SSSR count). The molecular formula is C15H18BrN3O3.